The van der Waals surface area contributed by atoms with Crippen LogP contribution >= 0.6 is 0 Å². The lowest BCUT2D eigenvalue weighted by Gasteiger charge is -2.26. The lowest BCUT2D eigenvalue weighted by atomic mass is 9.78. The molecular weight excluding hydrogens is 406 g/mol. The molecule has 0 bridgehead atoms. The molecule has 0 spiro atoms. The molecule has 0 amide bonds. The SMILES string of the molecule is Cc1ccc(Oc2ccc(C(C)(C)c3ccc(Oc4ccc(C)c(N)c4)cc3)cc2)cc1C. The van der Waals surface area contributed by atoms with Crippen molar-refractivity contribution in [2.75, 3.05) is 5.73 Å². The zero-order valence-electron chi connectivity index (χ0n) is 20.0. The zero-order chi connectivity index (χ0) is 23.6. The molecule has 3 nitrogen and oxygen atoms in total. The molecule has 0 saturated carbocycles. The summed E-state index contributed by atoms with van der Waals surface area (Å²) >= 11 is 0. The minimum absolute atomic E-state index is 0.161. The Morgan fingerprint density at radius 2 is 0.939 bits per heavy atom. The van der Waals surface area contributed by atoms with E-state index in [0.717, 1.165) is 34.2 Å². The van der Waals surface area contributed by atoms with E-state index in [-0.39, 0.29) is 5.41 Å². The van der Waals surface area contributed by atoms with Gasteiger partial charge in [0.15, 0.2) is 0 Å². The molecule has 0 atom stereocenters. The molecule has 0 aliphatic carbocycles. The summed E-state index contributed by atoms with van der Waals surface area (Å²) in [4.78, 5) is 0. The molecule has 0 radical (unpaired) electrons. The number of anilines is 1. The Hall–Kier alpha value is -3.72. The van der Waals surface area contributed by atoms with Gasteiger partial charge < -0.3 is 15.2 Å². The molecule has 4 aromatic rings. The maximum atomic E-state index is 6.05. The van der Waals surface area contributed by atoms with Crippen LogP contribution in [0.15, 0.2) is 84.9 Å². The summed E-state index contributed by atoms with van der Waals surface area (Å²) in [7, 11) is 0. The third-order valence-corrected chi connectivity index (χ3v) is 6.35. The first kappa shape index (κ1) is 22.5. The molecule has 0 saturated heterocycles. The van der Waals surface area contributed by atoms with Crippen molar-refractivity contribution in [1.29, 1.82) is 0 Å². The maximum Gasteiger partial charge on any atom is 0.129 e. The molecule has 0 unspecified atom stereocenters. The highest BCUT2D eigenvalue weighted by atomic mass is 16.5. The van der Waals surface area contributed by atoms with Crippen LogP contribution in [0, 0.1) is 20.8 Å². The molecule has 2 N–H and O–H groups in total. The number of benzene rings is 4. The molecule has 0 aliphatic heterocycles. The Labute approximate surface area is 196 Å². The van der Waals surface area contributed by atoms with Crippen molar-refractivity contribution in [3.05, 3.63) is 113 Å². The van der Waals surface area contributed by atoms with E-state index >= 15 is 0 Å². The van der Waals surface area contributed by atoms with Crippen LogP contribution in [0.3, 0.4) is 0 Å². The highest BCUT2D eigenvalue weighted by Crippen LogP contribution is 2.35. The lowest BCUT2D eigenvalue weighted by molar-refractivity contribution is 0.481. The second-order valence-electron chi connectivity index (χ2n) is 9.14. The van der Waals surface area contributed by atoms with Crippen LogP contribution in [0.5, 0.6) is 23.0 Å². The zero-order valence-corrected chi connectivity index (χ0v) is 20.0. The van der Waals surface area contributed by atoms with Gasteiger partial charge in [-0.05, 0) is 91.1 Å². The number of nitrogens with two attached hydrogens (primary N) is 1. The van der Waals surface area contributed by atoms with Crippen LogP contribution in [0.4, 0.5) is 5.69 Å². The van der Waals surface area contributed by atoms with Crippen molar-refractivity contribution >= 4 is 5.69 Å². The van der Waals surface area contributed by atoms with Gasteiger partial charge in [-0.2, -0.15) is 0 Å². The van der Waals surface area contributed by atoms with Crippen LogP contribution < -0.4 is 15.2 Å². The van der Waals surface area contributed by atoms with Crippen molar-refractivity contribution in [2.45, 2.75) is 40.0 Å². The third kappa shape index (κ3) is 5.04. The molecule has 4 rings (SSSR count). The minimum Gasteiger partial charge on any atom is -0.457 e. The first-order valence-corrected chi connectivity index (χ1v) is 11.2. The molecule has 0 aromatic heterocycles. The average molecular weight is 438 g/mol. The highest BCUT2D eigenvalue weighted by Gasteiger charge is 2.23. The van der Waals surface area contributed by atoms with E-state index in [0.29, 0.717) is 0 Å². The fourth-order valence-electron chi connectivity index (χ4n) is 3.78. The number of hydrogen-bond donors (Lipinski definition) is 1. The molecule has 168 valence electrons. The lowest BCUT2D eigenvalue weighted by Crippen LogP contribution is -2.18. The van der Waals surface area contributed by atoms with Crippen LogP contribution in [-0.2, 0) is 5.41 Å². The minimum atomic E-state index is -0.161. The topological polar surface area (TPSA) is 44.5 Å². The summed E-state index contributed by atoms with van der Waals surface area (Å²) in [6.07, 6.45) is 0. The molecule has 33 heavy (non-hydrogen) atoms. The Kier molecular flexibility index (Phi) is 6.15. The van der Waals surface area contributed by atoms with Crippen molar-refractivity contribution in [3.63, 3.8) is 0 Å². The summed E-state index contributed by atoms with van der Waals surface area (Å²) in [6.45, 7) is 10.6. The standard InChI is InChI=1S/C30H31NO2/c1-20-6-12-27(18-22(20)3)32-25-14-8-23(9-15-25)30(4,5)24-10-16-26(17-11-24)33-28-13-7-21(2)29(31)19-28/h6-19H,31H2,1-5H3. The largest absolute Gasteiger partial charge is 0.457 e. The van der Waals surface area contributed by atoms with Crippen molar-refractivity contribution in [3.8, 4) is 23.0 Å². The monoisotopic (exact) mass is 437 g/mol. The van der Waals surface area contributed by atoms with Gasteiger partial charge in [0.1, 0.15) is 23.0 Å². The van der Waals surface area contributed by atoms with E-state index in [2.05, 4.69) is 64.1 Å². The summed E-state index contributed by atoms with van der Waals surface area (Å²) in [5, 5.41) is 0. The summed E-state index contributed by atoms with van der Waals surface area (Å²) in [5.41, 5.74) is 12.5. The van der Waals surface area contributed by atoms with Gasteiger partial charge in [0.05, 0.1) is 0 Å². The normalized spacial score (nSPS) is 11.3. The molecule has 0 aliphatic rings. The number of rotatable bonds is 6. The van der Waals surface area contributed by atoms with Crippen LogP contribution in [0.25, 0.3) is 0 Å². The Balaban J connectivity index is 1.47. The fraction of sp³-hybridized carbons (Fsp3) is 0.200. The molecule has 0 fully saturated rings. The van der Waals surface area contributed by atoms with E-state index in [1.165, 1.54) is 22.3 Å². The van der Waals surface area contributed by atoms with Crippen molar-refractivity contribution in [2.24, 2.45) is 0 Å². The van der Waals surface area contributed by atoms with Gasteiger partial charge in [-0.3, -0.25) is 0 Å². The van der Waals surface area contributed by atoms with Crippen LogP contribution in [-0.4, -0.2) is 0 Å². The number of nitrogen functional groups attached to an aromatic ring is 1. The van der Waals surface area contributed by atoms with Gasteiger partial charge in [0.2, 0.25) is 0 Å². The third-order valence-electron chi connectivity index (χ3n) is 6.35. The van der Waals surface area contributed by atoms with Crippen molar-refractivity contribution < 1.29 is 9.47 Å². The molecule has 0 heterocycles. The number of aryl methyl sites for hydroxylation is 3. The summed E-state index contributed by atoms with van der Waals surface area (Å²) < 4.78 is 12.0. The van der Waals surface area contributed by atoms with Gasteiger partial charge >= 0.3 is 0 Å². The van der Waals surface area contributed by atoms with E-state index in [1.807, 2.05) is 55.5 Å². The van der Waals surface area contributed by atoms with E-state index in [4.69, 9.17) is 15.2 Å². The van der Waals surface area contributed by atoms with E-state index < -0.39 is 0 Å². The Morgan fingerprint density at radius 3 is 1.39 bits per heavy atom. The van der Waals surface area contributed by atoms with E-state index in [1.54, 1.807) is 0 Å². The predicted molar refractivity (Wildman–Crippen MR) is 137 cm³/mol. The molecule has 3 heteroatoms. The van der Waals surface area contributed by atoms with Crippen LogP contribution in [0.2, 0.25) is 0 Å². The number of hydrogen-bond acceptors (Lipinski definition) is 3. The Bertz CT molecular complexity index is 1160. The van der Waals surface area contributed by atoms with Gasteiger partial charge in [0.25, 0.3) is 0 Å². The van der Waals surface area contributed by atoms with Crippen LogP contribution in [0.1, 0.15) is 41.7 Å². The first-order chi connectivity index (χ1) is 15.7. The smallest absolute Gasteiger partial charge is 0.129 e. The highest BCUT2D eigenvalue weighted by molar-refractivity contribution is 5.52. The first-order valence-electron chi connectivity index (χ1n) is 11.2. The fourth-order valence-corrected chi connectivity index (χ4v) is 3.78. The van der Waals surface area contributed by atoms with Gasteiger partial charge in [0, 0.05) is 17.2 Å². The second-order valence-corrected chi connectivity index (χ2v) is 9.14. The van der Waals surface area contributed by atoms with E-state index in [9.17, 15) is 0 Å². The van der Waals surface area contributed by atoms with Gasteiger partial charge in [-0.1, -0.05) is 50.2 Å². The van der Waals surface area contributed by atoms with Crippen molar-refractivity contribution in [1.82, 2.24) is 0 Å². The maximum absolute atomic E-state index is 6.05. The summed E-state index contributed by atoms with van der Waals surface area (Å²) in [6, 6.07) is 28.5. The Morgan fingerprint density at radius 1 is 0.515 bits per heavy atom. The second kappa shape index (κ2) is 9.03. The van der Waals surface area contributed by atoms with Gasteiger partial charge in [-0.25, -0.2) is 0 Å². The number of ether oxygens (including phenoxy) is 2. The quantitative estimate of drug-likeness (QED) is 0.310. The molecule has 4 aromatic carbocycles. The molecular formula is C30H31NO2. The predicted octanol–water partition coefficient (Wildman–Crippen LogP) is 8.10. The van der Waals surface area contributed by atoms with Gasteiger partial charge in [-0.15, -0.1) is 0 Å². The summed E-state index contributed by atoms with van der Waals surface area (Å²) in [5.74, 6) is 3.22. The average Bonchev–Trinajstić information content (AvgIpc) is 2.80.